The Morgan fingerprint density at radius 3 is 2.19 bits per heavy atom. The van der Waals surface area contributed by atoms with Gasteiger partial charge in [0.15, 0.2) is 0 Å². The van der Waals surface area contributed by atoms with Crippen molar-refractivity contribution >= 4 is 11.8 Å². The lowest BCUT2D eigenvalue weighted by molar-refractivity contribution is 0.0696. The van der Waals surface area contributed by atoms with Gasteiger partial charge < -0.3 is 19.5 Å². The number of anilines is 1. The molecule has 3 rings (SSSR count). The maximum absolute atomic E-state index is 11.3. The van der Waals surface area contributed by atoms with Gasteiger partial charge in [-0.1, -0.05) is 24.3 Å². The number of hydrogen-bond acceptors (Lipinski definition) is 5. The van der Waals surface area contributed by atoms with Crippen molar-refractivity contribution < 1.29 is 19.4 Å². The number of ether oxygens (including phenoxy) is 2. The number of para-hydroxylation sites is 1. The molecule has 6 heteroatoms. The smallest absolute Gasteiger partial charge is 0.336 e. The first-order valence-corrected chi connectivity index (χ1v) is 7.95. The van der Waals surface area contributed by atoms with E-state index in [1.807, 2.05) is 36.4 Å². The van der Waals surface area contributed by atoms with Gasteiger partial charge in [0.1, 0.15) is 23.1 Å². The molecule has 0 aliphatic heterocycles. The molecule has 0 spiro atoms. The molecular formula is C20H18N2O4. The number of aromatic nitrogens is 1. The second-order valence-electron chi connectivity index (χ2n) is 5.74. The van der Waals surface area contributed by atoms with Crippen LogP contribution >= 0.6 is 0 Å². The van der Waals surface area contributed by atoms with Crippen LogP contribution in [0.4, 0.5) is 5.82 Å². The van der Waals surface area contributed by atoms with E-state index < -0.39 is 5.97 Å². The van der Waals surface area contributed by atoms with Gasteiger partial charge in [-0.2, -0.15) is 4.98 Å². The van der Waals surface area contributed by atoms with E-state index in [0.29, 0.717) is 23.1 Å². The molecule has 0 aliphatic rings. The number of carboxylic acids is 1. The molecule has 2 aromatic carbocycles. The molecule has 0 atom stereocenters. The van der Waals surface area contributed by atoms with Crippen LogP contribution in [0.3, 0.4) is 0 Å². The average Bonchev–Trinajstić information content (AvgIpc) is 2.62. The number of pyridine rings is 1. The van der Waals surface area contributed by atoms with E-state index in [2.05, 4.69) is 4.98 Å². The summed E-state index contributed by atoms with van der Waals surface area (Å²) in [6, 6.07) is 19.4. The Hall–Kier alpha value is -3.54. The number of hydrogen-bond donors (Lipinski definition) is 1. The molecule has 0 bridgehead atoms. The number of nitrogens with zero attached hydrogens (tertiary/aromatic N) is 2. The van der Waals surface area contributed by atoms with Crippen molar-refractivity contribution in [1.29, 1.82) is 0 Å². The lowest BCUT2D eigenvalue weighted by Crippen LogP contribution is -2.12. The van der Waals surface area contributed by atoms with Gasteiger partial charge in [-0.05, 0) is 30.3 Å². The van der Waals surface area contributed by atoms with Gasteiger partial charge >= 0.3 is 5.97 Å². The van der Waals surface area contributed by atoms with E-state index in [1.54, 1.807) is 37.2 Å². The number of carbonyl (C=O) groups is 1. The van der Waals surface area contributed by atoms with Gasteiger partial charge in [0.05, 0.1) is 5.56 Å². The Labute approximate surface area is 151 Å². The van der Waals surface area contributed by atoms with Crippen LogP contribution in [0.25, 0.3) is 0 Å². The maximum atomic E-state index is 11.3. The summed E-state index contributed by atoms with van der Waals surface area (Å²) in [5.41, 5.74) is 0.107. The van der Waals surface area contributed by atoms with Crippen LogP contribution in [0.5, 0.6) is 23.1 Å². The van der Waals surface area contributed by atoms with Crippen LogP contribution < -0.4 is 14.4 Å². The third-order valence-corrected chi connectivity index (χ3v) is 3.50. The van der Waals surface area contributed by atoms with Gasteiger partial charge in [0.2, 0.25) is 5.88 Å². The van der Waals surface area contributed by atoms with Crippen LogP contribution in [0.15, 0.2) is 66.7 Å². The van der Waals surface area contributed by atoms with E-state index >= 15 is 0 Å². The maximum Gasteiger partial charge on any atom is 0.336 e. The number of carboxylic acid groups (broad SMARTS) is 1. The number of benzene rings is 2. The summed E-state index contributed by atoms with van der Waals surface area (Å²) in [7, 11) is 3.57. The highest BCUT2D eigenvalue weighted by Gasteiger charge is 2.11. The van der Waals surface area contributed by atoms with Gasteiger partial charge in [-0.15, -0.1) is 0 Å². The highest BCUT2D eigenvalue weighted by molar-refractivity contribution is 5.89. The molecule has 0 unspecified atom stereocenters. The van der Waals surface area contributed by atoms with E-state index in [0.717, 1.165) is 0 Å². The van der Waals surface area contributed by atoms with E-state index in [-0.39, 0.29) is 11.4 Å². The van der Waals surface area contributed by atoms with E-state index in [1.165, 1.54) is 12.1 Å². The Kier molecular flexibility index (Phi) is 5.03. The summed E-state index contributed by atoms with van der Waals surface area (Å²) in [5.74, 6) is 1.48. The fourth-order valence-corrected chi connectivity index (χ4v) is 2.24. The van der Waals surface area contributed by atoms with Crippen molar-refractivity contribution in [2.45, 2.75) is 0 Å². The quantitative estimate of drug-likeness (QED) is 0.709. The lowest BCUT2D eigenvalue weighted by atomic mass is 10.2. The summed E-state index contributed by atoms with van der Waals surface area (Å²) in [4.78, 5) is 17.4. The predicted molar refractivity (Wildman–Crippen MR) is 98.6 cm³/mol. The largest absolute Gasteiger partial charge is 0.478 e. The number of aromatic carboxylic acids is 1. The molecule has 0 radical (unpaired) electrons. The summed E-state index contributed by atoms with van der Waals surface area (Å²) in [5, 5.41) is 9.27. The van der Waals surface area contributed by atoms with E-state index in [4.69, 9.17) is 9.47 Å². The Bertz CT molecular complexity index is 911. The summed E-state index contributed by atoms with van der Waals surface area (Å²) < 4.78 is 11.5. The Morgan fingerprint density at radius 1 is 0.885 bits per heavy atom. The molecule has 0 fully saturated rings. The second kappa shape index (κ2) is 7.57. The van der Waals surface area contributed by atoms with Gasteiger partial charge in [-0.25, -0.2) is 4.79 Å². The molecule has 3 aromatic rings. The minimum Gasteiger partial charge on any atom is -0.478 e. The zero-order chi connectivity index (χ0) is 18.5. The van der Waals surface area contributed by atoms with Crippen molar-refractivity contribution in [2.24, 2.45) is 0 Å². The predicted octanol–water partition coefficient (Wildman–Crippen LogP) is 4.43. The zero-order valence-electron chi connectivity index (χ0n) is 14.4. The molecule has 132 valence electrons. The van der Waals surface area contributed by atoms with Crippen molar-refractivity contribution in [3.63, 3.8) is 0 Å². The third kappa shape index (κ3) is 4.30. The molecule has 6 nitrogen and oxygen atoms in total. The van der Waals surface area contributed by atoms with Crippen LogP contribution in [0.2, 0.25) is 0 Å². The van der Waals surface area contributed by atoms with Crippen LogP contribution in [0.1, 0.15) is 10.4 Å². The van der Waals surface area contributed by atoms with Gasteiger partial charge in [0, 0.05) is 26.2 Å². The summed E-state index contributed by atoms with van der Waals surface area (Å²) in [6.07, 6.45) is 0. The van der Waals surface area contributed by atoms with Gasteiger partial charge in [-0.3, -0.25) is 0 Å². The fraction of sp³-hybridized carbons (Fsp3) is 0.100. The molecule has 1 aromatic heterocycles. The van der Waals surface area contributed by atoms with Crippen molar-refractivity contribution in [2.75, 3.05) is 19.0 Å². The molecule has 0 aliphatic carbocycles. The molecule has 0 amide bonds. The lowest BCUT2D eigenvalue weighted by Gasteiger charge is -2.14. The first kappa shape index (κ1) is 17.3. The molecule has 0 saturated heterocycles. The van der Waals surface area contributed by atoms with Crippen LogP contribution in [-0.2, 0) is 0 Å². The van der Waals surface area contributed by atoms with Crippen LogP contribution in [-0.4, -0.2) is 30.2 Å². The SMILES string of the molecule is CN(C)c1cc(C(=O)O)cc(Oc2cccc(Oc3ccccc3)c2)n1. The molecule has 1 heterocycles. The summed E-state index contributed by atoms with van der Waals surface area (Å²) >= 11 is 0. The topological polar surface area (TPSA) is 71.9 Å². The summed E-state index contributed by atoms with van der Waals surface area (Å²) in [6.45, 7) is 0. The minimum atomic E-state index is -1.04. The van der Waals surface area contributed by atoms with Gasteiger partial charge in [0.25, 0.3) is 0 Å². The highest BCUT2D eigenvalue weighted by atomic mass is 16.5. The van der Waals surface area contributed by atoms with Crippen molar-refractivity contribution in [1.82, 2.24) is 4.98 Å². The van der Waals surface area contributed by atoms with Crippen LogP contribution in [0, 0.1) is 0 Å². The van der Waals surface area contributed by atoms with E-state index in [9.17, 15) is 9.90 Å². The normalized spacial score (nSPS) is 10.2. The third-order valence-electron chi connectivity index (χ3n) is 3.50. The standard InChI is InChI=1S/C20H18N2O4/c1-22(2)18-11-14(20(23)24)12-19(21-18)26-17-10-6-9-16(13-17)25-15-7-4-3-5-8-15/h3-13H,1-2H3,(H,23,24). The monoisotopic (exact) mass is 350 g/mol. The highest BCUT2D eigenvalue weighted by Crippen LogP contribution is 2.29. The molecule has 26 heavy (non-hydrogen) atoms. The first-order chi connectivity index (χ1) is 12.5. The Morgan fingerprint density at radius 2 is 1.54 bits per heavy atom. The minimum absolute atomic E-state index is 0.107. The second-order valence-corrected chi connectivity index (χ2v) is 5.74. The fourth-order valence-electron chi connectivity index (χ4n) is 2.24. The van der Waals surface area contributed by atoms with Crippen molar-refractivity contribution in [3.8, 4) is 23.1 Å². The first-order valence-electron chi connectivity index (χ1n) is 7.95. The van der Waals surface area contributed by atoms with Crippen molar-refractivity contribution in [3.05, 3.63) is 72.3 Å². The Balaban J connectivity index is 1.85. The zero-order valence-corrected chi connectivity index (χ0v) is 14.4. The average molecular weight is 350 g/mol. The molecule has 1 N–H and O–H groups in total. The number of rotatable bonds is 6. The molecule has 0 saturated carbocycles. The molecular weight excluding hydrogens is 332 g/mol.